The molecule has 1 aromatic carbocycles. The van der Waals surface area contributed by atoms with Gasteiger partial charge in [-0.3, -0.25) is 9.59 Å². The molecule has 29 heavy (non-hydrogen) atoms. The fourth-order valence-electron chi connectivity index (χ4n) is 4.19. The van der Waals surface area contributed by atoms with Crippen molar-refractivity contribution in [1.29, 1.82) is 0 Å². The summed E-state index contributed by atoms with van der Waals surface area (Å²) in [4.78, 5) is 24.7. The Morgan fingerprint density at radius 1 is 1.21 bits per heavy atom. The molecule has 4 fully saturated rings. The molecule has 2 bridgehead atoms. The number of rotatable bonds is 6. The summed E-state index contributed by atoms with van der Waals surface area (Å²) < 4.78 is 24.2. The molecule has 8 nitrogen and oxygen atoms in total. The molecular weight excluding hydrogens is 403 g/mol. The third-order valence-corrected chi connectivity index (χ3v) is 6.09. The fourth-order valence-corrected chi connectivity index (χ4v) is 4.31. The van der Waals surface area contributed by atoms with E-state index >= 15 is 0 Å². The summed E-state index contributed by atoms with van der Waals surface area (Å²) in [5.41, 5.74) is 5.64. The molecule has 2 amide bonds. The van der Waals surface area contributed by atoms with E-state index in [0.29, 0.717) is 18.3 Å². The van der Waals surface area contributed by atoms with E-state index in [0.717, 1.165) is 18.9 Å². The lowest BCUT2D eigenvalue weighted by atomic mass is 9.60. The highest BCUT2D eigenvalue weighted by atomic mass is 35.5. The Balaban J connectivity index is 1.26. The molecule has 10 heteroatoms. The van der Waals surface area contributed by atoms with Gasteiger partial charge in [0.25, 0.3) is 11.8 Å². The van der Waals surface area contributed by atoms with Crippen molar-refractivity contribution in [2.75, 3.05) is 6.61 Å². The lowest BCUT2D eigenvalue weighted by Gasteiger charge is -2.51. The van der Waals surface area contributed by atoms with E-state index < -0.39 is 12.0 Å². The van der Waals surface area contributed by atoms with Crippen LogP contribution >= 0.6 is 11.6 Å². The zero-order valence-corrected chi connectivity index (χ0v) is 16.7. The van der Waals surface area contributed by atoms with E-state index in [1.54, 1.807) is 0 Å². The molecule has 1 aliphatic heterocycles. The van der Waals surface area contributed by atoms with Gasteiger partial charge in [-0.1, -0.05) is 11.6 Å². The van der Waals surface area contributed by atoms with Gasteiger partial charge in [-0.25, -0.2) is 15.2 Å². The van der Waals surface area contributed by atoms with Crippen LogP contribution in [0.2, 0.25) is 5.02 Å². The highest BCUT2D eigenvalue weighted by molar-refractivity contribution is 6.30. The van der Waals surface area contributed by atoms with E-state index in [-0.39, 0.29) is 47.5 Å². The lowest BCUT2D eigenvalue weighted by Crippen LogP contribution is -2.61. The topological polar surface area (TPSA) is 101 Å². The van der Waals surface area contributed by atoms with Crippen molar-refractivity contribution in [2.45, 2.75) is 50.7 Å². The third-order valence-electron chi connectivity index (χ3n) is 5.79. The number of ether oxygens (including phenoxy) is 2. The van der Waals surface area contributed by atoms with Crippen LogP contribution in [0.4, 0.5) is 4.39 Å². The molecule has 4 aliphatic rings. The molecule has 1 saturated heterocycles. The SMILES string of the molecule is CC1NNC(C(=O)N[C@@H]2CC(NC(=O)COc3ccc(Cl)c(F)c3)C3CC2C3)O1. The fraction of sp³-hybridized carbons (Fsp3) is 0.579. The number of hydrogen-bond acceptors (Lipinski definition) is 6. The van der Waals surface area contributed by atoms with Crippen molar-refractivity contribution in [2.24, 2.45) is 11.8 Å². The lowest BCUT2D eigenvalue weighted by molar-refractivity contribution is -0.135. The van der Waals surface area contributed by atoms with Crippen molar-refractivity contribution in [3.63, 3.8) is 0 Å². The molecule has 4 N–H and O–H groups in total. The summed E-state index contributed by atoms with van der Waals surface area (Å²) in [6, 6.07) is 4.00. The maximum Gasteiger partial charge on any atom is 0.265 e. The summed E-state index contributed by atoms with van der Waals surface area (Å²) >= 11 is 5.64. The normalized spacial score (nSPS) is 32.9. The van der Waals surface area contributed by atoms with Gasteiger partial charge in [0.2, 0.25) is 6.23 Å². The van der Waals surface area contributed by atoms with Gasteiger partial charge in [0, 0.05) is 18.2 Å². The summed E-state index contributed by atoms with van der Waals surface area (Å²) in [6.45, 7) is 1.59. The Morgan fingerprint density at radius 2 is 1.93 bits per heavy atom. The van der Waals surface area contributed by atoms with Gasteiger partial charge in [-0.15, -0.1) is 0 Å². The second kappa shape index (κ2) is 8.43. The maximum absolute atomic E-state index is 13.4. The number of fused-ring (bicyclic) bond motifs is 2. The minimum absolute atomic E-state index is 0.0000706. The van der Waals surface area contributed by atoms with Gasteiger partial charge in [0.15, 0.2) is 6.61 Å². The number of amides is 2. The molecule has 4 atom stereocenters. The molecule has 5 rings (SSSR count). The van der Waals surface area contributed by atoms with E-state index in [4.69, 9.17) is 21.1 Å². The smallest absolute Gasteiger partial charge is 0.265 e. The highest BCUT2D eigenvalue weighted by Crippen LogP contribution is 2.45. The molecule has 3 unspecified atom stereocenters. The average molecular weight is 427 g/mol. The summed E-state index contributed by atoms with van der Waals surface area (Å²) in [5, 5.41) is 6.03. The molecule has 158 valence electrons. The van der Waals surface area contributed by atoms with Crippen LogP contribution in [0.1, 0.15) is 26.2 Å². The summed E-state index contributed by atoms with van der Waals surface area (Å²) in [7, 11) is 0. The zero-order valence-electron chi connectivity index (χ0n) is 15.9. The van der Waals surface area contributed by atoms with Crippen molar-refractivity contribution < 1.29 is 23.5 Å². The van der Waals surface area contributed by atoms with Crippen molar-refractivity contribution in [3.8, 4) is 5.75 Å². The number of carbonyl (C=O) groups is 2. The first-order chi connectivity index (χ1) is 13.9. The van der Waals surface area contributed by atoms with Gasteiger partial charge in [-0.2, -0.15) is 0 Å². The Kier molecular flexibility index (Phi) is 5.91. The van der Waals surface area contributed by atoms with Crippen LogP contribution in [-0.2, 0) is 14.3 Å². The Labute approximate surface area is 172 Å². The summed E-state index contributed by atoms with van der Waals surface area (Å²) in [5.74, 6) is -0.00695. The molecule has 0 aromatic heterocycles. The molecule has 3 aliphatic carbocycles. The first kappa shape index (κ1) is 20.3. The maximum atomic E-state index is 13.4. The number of halogens is 2. The number of carbonyl (C=O) groups excluding carboxylic acids is 2. The molecule has 0 spiro atoms. The van der Waals surface area contributed by atoms with Crippen LogP contribution < -0.4 is 26.2 Å². The third kappa shape index (κ3) is 4.63. The first-order valence-corrected chi connectivity index (χ1v) is 10.1. The van der Waals surface area contributed by atoms with Crippen LogP contribution in [0.3, 0.4) is 0 Å². The predicted molar refractivity (Wildman–Crippen MR) is 102 cm³/mol. The van der Waals surface area contributed by atoms with E-state index in [9.17, 15) is 14.0 Å². The molecule has 0 radical (unpaired) electrons. The van der Waals surface area contributed by atoms with Crippen LogP contribution in [0.5, 0.6) is 5.75 Å². The zero-order chi connectivity index (χ0) is 20.5. The largest absolute Gasteiger partial charge is 0.484 e. The van der Waals surface area contributed by atoms with Gasteiger partial charge in [0.1, 0.15) is 17.8 Å². The Hall–Kier alpha value is -1.94. The molecular formula is C19H24ClFN4O4. The number of nitrogens with one attached hydrogen (secondary N) is 4. The first-order valence-electron chi connectivity index (χ1n) is 9.73. The minimum atomic E-state index is -0.719. The van der Waals surface area contributed by atoms with Crippen LogP contribution in [0.15, 0.2) is 18.2 Å². The quantitative estimate of drug-likeness (QED) is 0.542. The van der Waals surface area contributed by atoms with Gasteiger partial charge < -0.3 is 20.1 Å². The van der Waals surface area contributed by atoms with E-state index in [1.807, 2.05) is 6.92 Å². The minimum Gasteiger partial charge on any atom is -0.484 e. The molecule has 1 heterocycles. The number of hydrazine groups is 1. The molecule has 3 saturated carbocycles. The Morgan fingerprint density at radius 3 is 2.59 bits per heavy atom. The number of benzene rings is 1. The predicted octanol–water partition coefficient (Wildman–Crippen LogP) is 1.05. The van der Waals surface area contributed by atoms with E-state index in [2.05, 4.69) is 21.5 Å². The van der Waals surface area contributed by atoms with Crippen LogP contribution in [0.25, 0.3) is 0 Å². The van der Waals surface area contributed by atoms with Crippen LogP contribution in [-0.4, -0.2) is 43.0 Å². The standard InChI is InChI=1S/C19H24ClFN4O4/c1-9-24-25-19(29-9)18(27)23-16-7-15(10-4-11(16)5-10)22-17(26)8-28-12-2-3-13(20)14(21)6-12/h2-3,6,9-11,15-16,19,24-25H,4-5,7-8H2,1H3,(H,22,26)(H,23,27)/t9?,10?,11?,15?,16-,19?/m1/s1. The van der Waals surface area contributed by atoms with Gasteiger partial charge >= 0.3 is 0 Å². The monoisotopic (exact) mass is 426 g/mol. The number of hydrogen-bond donors (Lipinski definition) is 4. The van der Waals surface area contributed by atoms with Crippen molar-refractivity contribution >= 4 is 23.4 Å². The van der Waals surface area contributed by atoms with Gasteiger partial charge in [-0.05, 0) is 50.2 Å². The molecule has 1 aromatic rings. The van der Waals surface area contributed by atoms with Crippen molar-refractivity contribution in [3.05, 3.63) is 29.0 Å². The van der Waals surface area contributed by atoms with E-state index in [1.165, 1.54) is 12.1 Å². The van der Waals surface area contributed by atoms with Gasteiger partial charge in [0.05, 0.1) is 5.02 Å². The summed E-state index contributed by atoms with van der Waals surface area (Å²) in [6.07, 6.45) is 1.65. The average Bonchev–Trinajstić information content (AvgIpc) is 3.08. The van der Waals surface area contributed by atoms with Crippen molar-refractivity contribution in [1.82, 2.24) is 21.5 Å². The van der Waals surface area contributed by atoms with Crippen LogP contribution in [0, 0.1) is 17.7 Å². The second-order valence-corrected chi connectivity index (χ2v) is 8.24. The Bertz CT molecular complexity index is 791. The second-order valence-electron chi connectivity index (χ2n) is 7.83. The highest BCUT2D eigenvalue weighted by Gasteiger charge is 2.47.